The van der Waals surface area contributed by atoms with Gasteiger partial charge in [-0.2, -0.15) is 0 Å². The predicted octanol–water partition coefficient (Wildman–Crippen LogP) is 4.84. The standard InChI is InChI=1S/C22H26BrClN2O5/c1-4-26(5-2)8-9-30-22(29)18-7-6-17(12-20(18)31-14(3)27)25-13-15-10-16(23)11-19(24)21(15)28/h6-7,10-12,25,28H,4-5,8-9,13H2,1-3H3. The lowest BCUT2D eigenvalue weighted by atomic mass is 10.1. The van der Waals surface area contributed by atoms with Gasteiger partial charge in [0.15, 0.2) is 0 Å². The van der Waals surface area contributed by atoms with Gasteiger partial charge in [0.05, 0.1) is 5.02 Å². The summed E-state index contributed by atoms with van der Waals surface area (Å²) in [5, 5.41) is 13.5. The molecule has 2 N–H and O–H groups in total. The van der Waals surface area contributed by atoms with E-state index in [0.717, 1.165) is 17.6 Å². The van der Waals surface area contributed by atoms with Gasteiger partial charge in [0, 0.05) is 41.8 Å². The zero-order valence-electron chi connectivity index (χ0n) is 17.7. The average Bonchev–Trinajstić information content (AvgIpc) is 2.72. The number of phenols is 1. The topological polar surface area (TPSA) is 88.1 Å². The van der Waals surface area contributed by atoms with Gasteiger partial charge in [-0.15, -0.1) is 0 Å². The van der Waals surface area contributed by atoms with Crippen LogP contribution in [0.15, 0.2) is 34.8 Å². The van der Waals surface area contributed by atoms with Crippen molar-refractivity contribution in [2.24, 2.45) is 0 Å². The summed E-state index contributed by atoms with van der Waals surface area (Å²) in [6.45, 7) is 8.20. The number of ether oxygens (including phenoxy) is 2. The Morgan fingerprint density at radius 1 is 1.19 bits per heavy atom. The normalized spacial score (nSPS) is 10.8. The molecule has 0 heterocycles. The molecule has 0 fully saturated rings. The van der Waals surface area contributed by atoms with Crippen molar-refractivity contribution in [1.82, 2.24) is 4.90 Å². The maximum Gasteiger partial charge on any atom is 0.341 e. The zero-order valence-corrected chi connectivity index (χ0v) is 20.0. The Hall–Kier alpha value is -2.29. The van der Waals surface area contributed by atoms with E-state index in [0.29, 0.717) is 17.8 Å². The second kappa shape index (κ2) is 11.9. The molecule has 0 bridgehead atoms. The highest BCUT2D eigenvalue weighted by Gasteiger charge is 2.17. The molecule has 0 atom stereocenters. The van der Waals surface area contributed by atoms with Gasteiger partial charge >= 0.3 is 11.9 Å². The summed E-state index contributed by atoms with van der Waals surface area (Å²) in [4.78, 5) is 26.2. The summed E-state index contributed by atoms with van der Waals surface area (Å²) < 4.78 is 11.3. The highest BCUT2D eigenvalue weighted by molar-refractivity contribution is 9.10. The fourth-order valence-electron chi connectivity index (χ4n) is 2.88. The van der Waals surface area contributed by atoms with Crippen molar-refractivity contribution in [2.45, 2.75) is 27.3 Å². The molecule has 0 aliphatic rings. The molecular formula is C22H26BrClN2O5. The van der Waals surface area contributed by atoms with Crippen LogP contribution in [-0.4, -0.2) is 48.2 Å². The molecular weight excluding hydrogens is 488 g/mol. The molecule has 0 saturated carbocycles. The number of carbonyl (C=O) groups excluding carboxylic acids is 2. The minimum absolute atomic E-state index is 0.0222. The number of benzene rings is 2. The molecule has 0 spiro atoms. The van der Waals surface area contributed by atoms with Gasteiger partial charge in [0.2, 0.25) is 0 Å². The molecule has 2 aromatic rings. The van der Waals surface area contributed by atoms with Gasteiger partial charge in [-0.1, -0.05) is 41.4 Å². The molecule has 0 saturated heterocycles. The van der Waals surface area contributed by atoms with Crippen molar-refractivity contribution in [3.63, 3.8) is 0 Å². The Bertz CT molecular complexity index is 934. The fourth-order valence-corrected chi connectivity index (χ4v) is 3.75. The monoisotopic (exact) mass is 512 g/mol. The van der Waals surface area contributed by atoms with Crippen LogP contribution in [0.2, 0.25) is 5.02 Å². The van der Waals surface area contributed by atoms with Crippen molar-refractivity contribution in [1.29, 1.82) is 0 Å². The molecule has 31 heavy (non-hydrogen) atoms. The highest BCUT2D eigenvalue weighted by Crippen LogP contribution is 2.32. The van der Waals surface area contributed by atoms with E-state index in [1.165, 1.54) is 13.0 Å². The third-order valence-electron chi connectivity index (χ3n) is 4.58. The number of rotatable bonds is 10. The summed E-state index contributed by atoms with van der Waals surface area (Å²) in [5.74, 6) is -1.04. The first kappa shape index (κ1) is 25.0. The number of hydrogen-bond acceptors (Lipinski definition) is 7. The third kappa shape index (κ3) is 7.41. The summed E-state index contributed by atoms with van der Waals surface area (Å²) in [5.41, 5.74) is 1.33. The van der Waals surface area contributed by atoms with Crippen LogP contribution >= 0.6 is 27.5 Å². The summed E-state index contributed by atoms with van der Waals surface area (Å²) in [7, 11) is 0. The Kier molecular flexibility index (Phi) is 9.61. The van der Waals surface area contributed by atoms with E-state index in [9.17, 15) is 14.7 Å². The van der Waals surface area contributed by atoms with Crippen LogP contribution in [0.4, 0.5) is 5.69 Å². The van der Waals surface area contributed by atoms with Crippen molar-refractivity contribution in [3.8, 4) is 11.5 Å². The van der Waals surface area contributed by atoms with E-state index < -0.39 is 11.9 Å². The Morgan fingerprint density at radius 2 is 1.90 bits per heavy atom. The van der Waals surface area contributed by atoms with E-state index in [2.05, 4.69) is 26.1 Å². The minimum atomic E-state index is -0.564. The first-order valence-corrected chi connectivity index (χ1v) is 11.0. The lowest BCUT2D eigenvalue weighted by Crippen LogP contribution is -2.28. The number of halogens is 2. The zero-order chi connectivity index (χ0) is 23.0. The van der Waals surface area contributed by atoms with Crippen LogP contribution in [0.5, 0.6) is 11.5 Å². The molecule has 0 radical (unpaired) electrons. The van der Waals surface area contributed by atoms with Gasteiger partial charge in [-0.3, -0.25) is 4.79 Å². The number of carbonyl (C=O) groups is 2. The molecule has 0 amide bonds. The van der Waals surface area contributed by atoms with Gasteiger partial charge < -0.3 is 24.8 Å². The fraction of sp³-hybridized carbons (Fsp3) is 0.364. The van der Waals surface area contributed by atoms with Gasteiger partial charge in [-0.25, -0.2) is 4.79 Å². The second-order valence-electron chi connectivity index (χ2n) is 6.72. The maximum absolute atomic E-state index is 12.5. The van der Waals surface area contributed by atoms with E-state index in [4.69, 9.17) is 21.1 Å². The van der Waals surface area contributed by atoms with Crippen LogP contribution in [0.25, 0.3) is 0 Å². The first-order valence-electron chi connectivity index (χ1n) is 9.87. The molecule has 9 heteroatoms. The molecule has 0 aliphatic carbocycles. The number of phenolic OH excluding ortho intramolecular Hbond substituents is 1. The first-order chi connectivity index (χ1) is 14.7. The third-order valence-corrected chi connectivity index (χ3v) is 5.33. The van der Waals surface area contributed by atoms with Crippen molar-refractivity contribution < 1.29 is 24.2 Å². The van der Waals surface area contributed by atoms with Gasteiger partial charge in [0.25, 0.3) is 0 Å². The number of aromatic hydroxyl groups is 1. The summed E-state index contributed by atoms with van der Waals surface area (Å²) >= 11 is 9.34. The van der Waals surface area contributed by atoms with Crippen LogP contribution in [0.3, 0.4) is 0 Å². The largest absolute Gasteiger partial charge is 0.506 e. The lowest BCUT2D eigenvalue weighted by molar-refractivity contribution is -0.131. The van der Waals surface area contributed by atoms with E-state index in [-0.39, 0.29) is 35.2 Å². The Balaban J connectivity index is 2.13. The van der Waals surface area contributed by atoms with Crippen molar-refractivity contribution >= 4 is 45.2 Å². The molecule has 2 aromatic carbocycles. The number of likely N-dealkylation sites (N-methyl/N-ethyl adjacent to an activating group) is 1. The van der Waals surface area contributed by atoms with Crippen LogP contribution in [0, 0.1) is 0 Å². The van der Waals surface area contributed by atoms with E-state index in [1.807, 2.05) is 13.8 Å². The summed E-state index contributed by atoms with van der Waals surface area (Å²) in [6, 6.07) is 8.08. The lowest BCUT2D eigenvalue weighted by Gasteiger charge is -2.18. The second-order valence-corrected chi connectivity index (χ2v) is 8.04. The molecule has 0 unspecified atom stereocenters. The van der Waals surface area contributed by atoms with Crippen LogP contribution < -0.4 is 10.1 Å². The van der Waals surface area contributed by atoms with Gasteiger partial charge in [-0.05, 0) is 37.4 Å². The molecule has 0 aromatic heterocycles. The van der Waals surface area contributed by atoms with E-state index >= 15 is 0 Å². The maximum atomic E-state index is 12.5. The quantitative estimate of drug-likeness (QED) is 0.347. The highest BCUT2D eigenvalue weighted by atomic mass is 79.9. The smallest absolute Gasteiger partial charge is 0.341 e. The number of nitrogens with one attached hydrogen (secondary N) is 1. The molecule has 0 aliphatic heterocycles. The van der Waals surface area contributed by atoms with Gasteiger partial charge in [0.1, 0.15) is 23.7 Å². The van der Waals surface area contributed by atoms with Crippen molar-refractivity contribution in [3.05, 3.63) is 51.0 Å². The summed E-state index contributed by atoms with van der Waals surface area (Å²) in [6.07, 6.45) is 0. The SMILES string of the molecule is CCN(CC)CCOC(=O)c1ccc(NCc2cc(Br)cc(Cl)c2O)cc1OC(C)=O. The number of anilines is 1. The minimum Gasteiger partial charge on any atom is -0.506 e. The van der Waals surface area contributed by atoms with Crippen LogP contribution in [0.1, 0.15) is 36.7 Å². The number of hydrogen-bond donors (Lipinski definition) is 2. The Labute approximate surface area is 195 Å². The van der Waals surface area contributed by atoms with Crippen LogP contribution in [-0.2, 0) is 16.1 Å². The average molecular weight is 514 g/mol. The van der Waals surface area contributed by atoms with Crippen molar-refractivity contribution in [2.75, 3.05) is 31.6 Å². The number of nitrogens with zero attached hydrogens (tertiary/aromatic N) is 1. The Morgan fingerprint density at radius 3 is 2.55 bits per heavy atom. The molecule has 7 nitrogen and oxygen atoms in total. The molecule has 2 rings (SSSR count). The number of esters is 2. The molecule has 168 valence electrons. The predicted molar refractivity (Wildman–Crippen MR) is 124 cm³/mol. The van der Waals surface area contributed by atoms with E-state index in [1.54, 1.807) is 24.3 Å².